The molecule has 0 aromatic heterocycles. The predicted octanol–water partition coefficient (Wildman–Crippen LogP) is 18.0. The third-order valence-corrected chi connectivity index (χ3v) is 12.1. The first-order valence-electron chi connectivity index (χ1n) is 43.5. The van der Waals surface area contributed by atoms with Crippen molar-refractivity contribution < 1.29 is 63.1 Å². The molecule has 0 heterocycles. The molecule has 11 aromatic rings. The van der Waals surface area contributed by atoms with Crippen molar-refractivity contribution in [1.82, 2.24) is 0 Å². The minimum atomic E-state index is -4.23. The van der Waals surface area contributed by atoms with Crippen LogP contribution in [0.4, 0.5) is 17.1 Å². The van der Waals surface area contributed by atoms with Crippen LogP contribution in [0.2, 0.25) is 0 Å². The molecule has 11 aromatic carbocycles. The zero-order valence-corrected chi connectivity index (χ0v) is 34.5. The first-order valence-corrected chi connectivity index (χ1v) is 20.5. The van der Waals surface area contributed by atoms with Gasteiger partial charge in [0.15, 0.2) is 0 Å². The van der Waals surface area contributed by atoms with Crippen LogP contribution in [-0.4, -0.2) is 0 Å². The highest BCUT2D eigenvalue weighted by Crippen LogP contribution is 2.65. The summed E-state index contributed by atoms with van der Waals surface area (Å²) in [6, 6.07) is -49.5. The second kappa shape index (κ2) is 15.0. The van der Waals surface area contributed by atoms with Gasteiger partial charge in [0, 0.05) is 30.6 Å². The fraction of sp³-hybridized carbons (Fsp3) is 0.0588. The van der Waals surface area contributed by atoms with Gasteiger partial charge in [-0.25, -0.2) is 0 Å². The van der Waals surface area contributed by atoms with E-state index in [0.29, 0.717) is 6.07 Å². The molecule has 0 N–H and O–H groups in total. The molecule has 1 nitrogen and oxygen atoms in total. The molecule has 0 aliphatic heterocycles. The summed E-state index contributed by atoms with van der Waals surface area (Å²) in [5, 5.41) is -1.93. The Morgan fingerprint density at radius 2 is 0.870 bits per heavy atom. The molecule has 14 rings (SSSR count). The Morgan fingerprint density at radius 1 is 0.348 bits per heavy atom. The third kappa shape index (κ3) is 5.65. The molecule has 0 amide bonds. The molecule has 0 radical (unpaired) electrons. The minimum absolute atomic E-state index is 0.160. The van der Waals surface area contributed by atoms with Gasteiger partial charge in [0.25, 0.3) is 0 Å². The molecule has 3 aliphatic carbocycles. The Bertz CT molecular complexity index is 6330. The van der Waals surface area contributed by atoms with Crippen LogP contribution in [0.5, 0.6) is 0 Å². The molecule has 0 atom stereocenters. The van der Waals surface area contributed by atoms with Crippen molar-refractivity contribution in [3.63, 3.8) is 0 Å². The molecular weight excluding hydrogens is 831 g/mol. The Hall–Kier alpha value is -8.52. The van der Waals surface area contributed by atoms with Gasteiger partial charge in [-0.15, -0.1) is 0 Å². The maximum absolute atomic E-state index is 10.6. The summed E-state index contributed by atoms with van der Waals surface area (Å²) < 4.78 is 434. The zero-order chi connectivity index (χ0) is 85.7. The van der Waals surface area contributed by atoms with Crippen molar-refractivity contribution in [2.45, 2.75) is 24.5 Å². The van der Waals surface area contributed by atoms with Crippen molar-refractivity contribution in [3.05, 3.63) is 281 Å². The summed E-state index contributed by atoms with van der Waals surface area (Å²) >= 11 is 0. The Balaban J connectivity index is 1.24. The Kier molecular flexibility index (Phi) is 3.26. The number of nitrogens with zero attached hydrogens (tertiary/aromatic N) is 1. The number of hydrogen-bond acceptors (Lipinski definition) is 1. The monoisotopic (exact) mass is 924 g/mol. The SMILES string of the molecule is [2H]c1cc([2H])c2c(c1N(c1c([2H])c([2H])c(-c3c([2H])c([2H])c4c([2H])c([2H])c([2H])c([2H])c4c3-c3c([2H])c([2H])c(-c4c([2H])c([2H])c([2H])c([2H])c4[2H])c([2H])c3[2H])c([2H])c1[2H])c1c([2H])c([2H])c3c(c1[2H])C(C([2H])([2H])[2H])(C([2H])([2H])[2H])c1c([2H])c([2H])c([2H])c([2H])c1-3)-c1c([2H])c([2H])c([2H])c([2H])c1C21c2c([2H])c([2H])c([2H])c([2H])c2-c2c([2H])c([2H])c([2H])c([2H])c21. The summed E-state index contributed by atoms with van der Waals surface area (Å²) in [7, 11) is 0. The third-order valence-electron chi connectivity index (χ3n) is 12.1. The number of benzene rings is 11. The van der Waals surface area contributed by atoms with Gasteiger partial charge in [0.05, 0.1) is 65.9 Å². The molecule has 0 saturated carbocycles. The fourth-order valence-corrected chi connectivity index (χ4v) is 9.29. The van der Waals surface area contributed by atoms with Crippen molar-refractivity contribution in [2.24, 2.45) is 0 Å². The van der Waals surface area contributed by atoms with E-state index in [4.69, 9.17) is 16.4 Å². The summed E-state index contributed by atoms with van der Waals surface area (Å²) in [5.41, 5.74) is -30.7. The van der Waals surface area contributed by atoms with Crippen LogP contribution >= 0.6 is 0 Å². The topological polar surface area (TPSA) is 3.24 Å². The Labute approximate surface area is 468 Å². The van der Waals surface area contributed by atoms with Crippen molar-refractivity contribution in [1.29, 1.82) is 0 Å². The lowest BCUT2D eigenvalue weighted by Gasteiger charge is -2.32. The van der Waals surface area contributed by atoms with Gasteiger partial charge < -0.3 is 4.90 Å². The van der Waals surface area contributed by atoms with E-state index >= 15 is 0 Å². The second-order valence-corrected chi connectivity index (χ2v) is 15.6. The van der Waals surface area contributed by atoms with E-state index in [0.717, 1.165) is 0 Å². The lowest BCUT2D eigenvalue weighted by molar-refractivity contribution is 0.660. The molecule has 1 spiro atoms. The molecule has 0 fully saturated rings. The van der Waals surface area contributed by atoms with E-state index in [1.165, 1.54) is 0 Å². The highest BCUT2D eigenvalue weighted by Gasteiger charge is 2.52. The van der Waals surface area contributed by atoms with E-state index in [1.54, 1.807) is 0 Å². The smallest absolute Gasteiger partial charge is 0.0726 e. The van der Waals surface area contributed by atoms with E-state index in [2.05, 4.69) is 0 Å². The van der Waals surface area contributed by atoms with Crippen LogP contribution in [0.3, 0.4) is 0 Å². The highest BCUT2D eigenvalue weighted by atomic mass is 15.1. The van der Waals surface area contributed by atoms with Gasteiger partial charge in [-0.2, -0.15) is 0 Å². The van der Waals surface area contributed by atoms with Crippen molar-refractivity contribution >= 4 is 27.8 Å². The van der Waals surface area contributed by atoms with Crippen LogP contribution < -0.4 is 4.90 Å². The van der Waals surface area contributed by atoms with Gasteiger partial charge in [-0.05, 0) is 136 Å². The number of anilines is 3. The van der Waals surface area contributed by atoms with Crippen molar-refractivity contribution in [3.8, 4) is 66.8 Å². The van der Waals surface area contributed by atoms with Gasteiger partial charge in [0.2, 0.25) is 0 Å². The zero-order valence-electron chi connectivity index (χ0n) is 80.5. The minimum Gasteiger partial charge on any atom is -0.310 e. The van der Waals surface area contributed by atoms with E-state index in [-0.39, 0.29) is 4.90 Å². The second-order valence-electron chi connectivity index (χ2n) is 15.6. The largest absolute Gasteiger partial charge is 0.310 e. The summed E-state index contributed by atoms with van der Waals surface area (Å²) in [5.74, 6) is 0. The summed E-state index contributed by atoms with van der Waals surface area (Å²) in [6.07, 6.45) is 0. The first kappa shape index (κ1) is 15.0. The van der Waals surface area contributed by atoms with Crippen molar-refractivity contribution in [2.75, 3.05) is 4.90 Å². The predicted molar refractivity (Wildman–Crippen MR) is 289 cm³/mol. The van der Waals surface area contributed by atoms with Gasteiger partial charge in [-0.1, -0.05) is 231 Å². The van der Waals surface area contributed by atoms with E-state index in [1.807, 2.05) is 0 Å². The van der Waals surface area contributed by atoms with E-state index in [9.17, 15) is 46.6 Å². The van der Waals surface area contributed by atoms with Gasteiger partial charge in [0.1, 0.15) is 0 Å². The molecule has 324 valence electrons. The molecule has 0 saturated heterocycles. The summed E-state index contributed by atoms with van der Waals surface area (Å²) in [4.78, 5) is 0.160. The molecule has 0 unspecified atom stereocenters. The average Bonchev–Trinajstić information content (AvgIpc) is 1.47. The van der Waals surface area contributed by atoms with Crippen LogP contribution in [0.1, 0.15) is 110 Å². The molecular formula is C68H47N. The highest BCUT2D eigenvalue weighted by molar-refractivity contribution is 6.05. The maximum atomic E-state index is 10.6. The van der Waals surface area contributed by atoms with Crippen LogP contribution in [0.25, 0.3) is 77.5 Å². The van der Waals surface area contributed by atoms with Gasteiger partial charge >= 0.3 is 0 Å². The number of fused-ring (bicyclic) bond motifs is 14. The molecule has 3 aliphatic rings. The average molecular weight is 924 g/mol. The molecule has 69 heavy (non-hydrogen) atoms. The normalized spacial score (nSPS) is 23.7. The maximum Gasteiger partial charge on any atom is 0.0726 e. The molecule has 0 bridgehead atoms. The quantitative estimate of drug-likeness (QED) is 0.161. The molecule has 1 heteroatoms. The fourth-order valence-electron chi connectivity index (χ4n) is 9.29. The van der Waals surface area contributed by atoms with Gasteiger partial charge in [-0.3, -0.25) is 0 Å². The number of rotatable bonds is 6. The van der Waals surface area contributed by atoms with E-state index < -0.39 is 394 Å². The lowest BCUT2D eigenvalue weighted by atomic mass is 9.70. The Morgan fingerprint density at radius 3 is 1.58 bits per heavy atom. The van der Waals surface area contributed by atoms with Crippen LogP contribution in [-0.2, 0) is 10.8 Å². The lowest BCUT2D eigenvalue weighted by Crippen LogP contribution is -2.26. The standard InChI is InChI=1S/C68H47N/c1-67(2)58-25-12-8-21-53(58)56-42-40-50(43-63(56)67)69(64-30-16-29-62-66(64)57-24-11-15-28-61(57)68(62)59-26-13-9-22-54(59)55-23-10-14-27-60(55)68)49-38-35-47(36-39-49)52-41-37-46-19-6-7-20-51(46)65(52)48-33-31-45(32-34-48)44-17-4-3-5-18-44/h3-43H,1-2H3/i1D3,2D3,3D,4D,5D,6D,7D,8D,9D,10D,11D,12D,13D,14D,15D,17D,18D,19D,20D,21D,22D,23D,24D,25D,26D,27D,28D,29D,30D,31D,32D,33D,34D,35D,36D,37D,38D,39D,40D,41D,42D,43D. The van der Waals surface area contributed by atoms with Crippen LogP contribution in [0.15, 0.2) is 248 Å². The first-order chi connectivity index (χ1) is 53.1. The summed E-state index contributed by atoms with van der Waals surface area (Å²) in [6.45, 7) is -8.46. The number of hydrogen-bond donors (Lipinski definition) is 0. The van der Waals surface area contributed by atoms with Crippen LogP contribution in [0, 0.1) is 0 Å².